The quantitative estimate of drug-likeness (QED) is 0.185. The Hall–Kier alpha value is -3.99. The molecular formula is C28H22BrN5O3S. The fourth-order valence-electron chi connectivity index (χ4n) is 4.50. The van der Waals surface area contributed by atoms with Gasteiger partial charge in [-0.25, -0.2) is 4.57 Å². The van der Waals surface area contributed by atoms with Crippen molar-refractivity contribution in [3.63, 3.8) is 0 Å². The highest BCUT2D eigenvalue weighted by Gasteiger charge is 2.33. The lowest BCUT2D eigenvalue weighted by Crippen LogP contribution is -3.00. The summed E-state index contributed by atoms with van der Waals surface area (Å²) in [4.78, 5) is 32.1. The summed E-state index contributed by atoms with van der Waals surface area (Å²) in [5, 5.41) is 15.9. The number of halogens is 1. The molecule has 3 heterocycles. The molecule has 6 rings (SSSR count). The van der Waals surface area contributed by atoms with Gasteiger partial charge in [-0.2, -0.15) is 5.01 Å². The Morgan fingerprint density at radius 2 is 1.68 bits per heavy atom. The van der Waals surface area contributed by atoms with Gasteiger partial charge in [-0.15, -0.1) is 5.10 Å². The van der Waals surface area contributed by atoms with Gasteiger partial charge < -0.3 is 26.7 Å². The van der Waals surface area contributed by atoms with Gasteiger partial charge in [0.1, 0.15) is 6.61 Å². The molecule has 0 saturated heterocycles. The topological polar surface area (TPSA) is 91.1 Å². The Labute approximate surface area is 232 Å². The molecule has 10 heteroatoms. The van der Waals surface area contributed by atoms with Crippen molar-refractivity contribution in [3.05, 3.63) is 101 Å². The highest BCUT2D eigenvalue weighted by molar-refractivity contribution is 7.16. The van der Waals surface area contributed by atoms with Gasteiger partial charge in [-0.05, 0) is 30.3 Å². The van der Waals surface area contributed by atoms with E-state index in [-0.39, 0.29) is 23.6 Å². The van der Waals surface area contributed by atoms with E-state index in [2.05, 4.69) is 10.1 Å². The number of nitrogens with zero attached hydrogens (tertiary/aromatic N) is 5. The number of benzene rings is 3. The second-order valence-corrected chi connectivity index (χ2v) is 9.65. The van der Waals surface area contributed by atoms with E-state index in [0.717, 1.165) is 26.2 Å². The monoisotopic (exact) mass is 587 g/mol. The zero-order valence-electron chi connectivity index (χ0n) is 20.3. The van der Waals surface area contributed by atoms with Gasteiger partial charge in [-0.1, -0.05) is 35.6 Å². The van der Waals surface area contributed by atoms with Gasteiger partial charge in [0.25, 0.3) is 11.8 Å². The zero-order valence-corrected chi connectivity index (χ0v) is 22.7. The van der Waals surface area contributed by atoms with Crippen LogP contribution in [0.3, 0.4) is 0 Å². The SMILES string of the molecule is Cn1c(=NN2C(=O)c3cccc4c(N=Cc5cc[n+](CCO)cc5)ccc(c34)C2=O)sc2ccccc21.[Br-]. The van der Waals surface area contributed by atoms with Crippen LogP contribution in [0.25, 0.3) is 21.0 Å². The van der Waals surface area contributed by atoms with E-state index in [1.807, 2.05) is 71.0 Å². The number of para-hydroxylation sites is 1. The van der Waals surface area contributed by atoms with E-state index in [4.69, 9.17) is 5.11 Å². The average molecular weight is 588 g/mol. The van der Waals surface area contributed by atoms with Crippen molar-refractivity contribution in [2.75, 3.05) is 6.61 Å². The van der Waals surface area contributed by atoms with E-state index < -0.39 is 11.8 Å². The summed E-state index contributed by atoms with van der Waals surface area (Å²) in [5.74, 6) is -0.920. The zero-order chi connectivity index (χ0) is 25.5. The molecule has 1 N–H and O–H groups in total. The molecule has 0 fully saturated rings. The van der Waals surface area contributed by atoms with E-state index in [9.17, 15) is 9.59 Å². The van der Waals surface area contributed by atoms with Gasteiger partial charge in [-0.3, -0.25) is 14.6 Å². The Morgan fingerprint density at radius 1 is 0.947 bits per heavy atom. The Morgan fingerprint density at radius 3 is 2.42 bits per heavy atom. The number of thiazole rings is 1. The molecule has 38 heavy (non-hydrogen) atoms. The van der Waals surface area contributed by atoms with Crippen LogP contribution in [0.15, 0.2) is 89.2 Å². The van der Waals surface area contributed by atoms with Crippen LogP contribution in [0, 0.1) is 0 Å². The van der Waals surface area contributed by atoms with E-state index >= 15 is 0 Å². The molecule has 8 nitrogen and oxygen atoms in total. The largest absolute Gasteiger partial charge is 1.00 e. The first-order valence-electron chi connectivity index (χ1n) is 11.7. The molecule has 1 aliphatic heterocycles. The predicted octanol–water partition coefficient (Wildman–Crippen LogP) is 0.539. The Bertz CT molecular complexity index is 1790. The van der Waals surface area contributed by atoms with Crippen LogP contribution in [0.4, 0.5) is 5.69 Å². The number of amides is 2. The van der Waals surface area contributed by atoms with Gasteiger partial charge in [0, 0.05) is 41.7 Å². The standard InChI is InChI=1S/C28H22N5O3S.BrH/c1-31-23-7-2-3-8-24(23)37-28(31)30-33-26(35)20-6-4-5-19-22(10-9-21(25(19)20)27(33)36)29-17-18-11-13-32(14-12-18)15-16-34;/h2-14,17,34H,15-16H2,1H3;1H/q+1;/p-1. The fraction of sp³-hybridized carbons (Fsp3) is 0.107. The van der Waals surface area contributed by atoms with Crippen LogP contribution < -0.4 is 26.3 Å². The second kappa shape index (κ2) is 10.4. The number of hydrogen-bond acceptors (Lipinski definition) is 6. The van der Waals surface area contributed by atoms with E-state index in [1.54, 1.807) is 30.5 Å². The number of hydrogen-bond donors (Lipinski definition) is 1. The van der Waals surface area contributed by atoms with Crippen LogP contribution >= 0.6 is 11.3 Å². The first-order chi connectivity index (χ1) is 18.0. The van der Waals surface area contributed by atoms with Crippen LogP contribution in [0.2, 0.25) is 0 Å². The number of imide groups is 1. The smallest absolute Gasteiger partial charge is 0.282 e. The Kier molecular flexibility index (Phi) is 7.02. The first-order valence-corrected chi connectivity index (χ1v) is 12.5. The van der Waals surface area contributed by atoms with Gasteiger partial charge in [0.2, 0.25) is 4.80 Å². The lowest BCUT2D eigenvalue weighted by Gasteiger charge is -2.23. The number of rotatable bonds is 5. The average Bonchev–Trinajstić information content (AvgIpc) is 3.24. The highest BCUT2D eigenvalue weighted by Crippen LogP contribution is 2.35. The Balaban J connectivity index is 0.00000294. The third-order valence-corrected chi connectivity index (χ3v) is 7.49. The molecule has 3 aromatic carbocycles. The summed E-state index contributed by atoms with van der Waals surface area (Å²) in [6.07, 6.45) is 5.49. The number of fused-ring (bicyclic) bond motifs is 1. The molecule has 190 valence electrons. The van der Waals surface area contributed by atoms with Gasteiger partial charge >= 0.3 is 0 Å². The molecular weight excluding hydrogens is 566 g/mol. The van der Waals surface area contributed by atoms with Crippen molar-refractivity contribution in [1.82, 2.24) is 9.58 Å². The van der Waals surface area contributed by atoms with Crippen LogP contribution in [0.5, 0.6) is 0 Å². The van der Waals surface area contributed by atoms with Crippen molar-refractivity contribution in [3.8, 4) is 0 Å². The van der Waals surface area contributed by atoms with Crippen LogP contribution in [-0.2, 0) is 13.6 Å². The summed E-state index contributed by atoms with van der Waals surface area (Å²) < 4.78 is 4.78. The van der Waals surface area contributed by atoms with Crippen LogP contribution in [-0.4, -0.2) is 39.3 Å². The van der Waals surface area contributed by atoms with E-state index in [0.29, 0.717) is 33.5 Å². The minimum absolute atomic E-state index is 0. The molecule has 5 aromatic rings. The normalized spacial score (nSPS) is 13.6. The minimum Gasteiger partial charge on any atom is -1.00 e. The summed E-state index contributed by atoms with van der Waals surface area (Å²) in [6.45, 7) is 0.599. The number of aliphatic hydroxyl groups excluding tert-OH is 1. The molecule has 2 amide bonds. The second-order valence-electron chi connectivity index (χ2n) is 8.64. The third kappa shape index (κ3) is 4.36. The number of aliphatic hydroxyl groups is 1. The maximum atomic E-state index is 13.5. The summed E-state index contributed by atoms with van der Waals surface area (Å²) in [5.41, 5.74) is 3.37. The third-order valence-electron chi connectivity index (χ3n) is 6.39. The first kappa shape index (κ1) is 25.7. The van der Waals surface area contributed by atoms with E-state index in [1.165, 1.54) is 11.3 Å². The number of pyridine rings is 1. The minimum atomic E-state index is -0.460. The predicted molar refractivity (Wildman–Crippen MR) is 142 cm³/mol. The molecule has 0 atom stereocenters. The van der Waals surface area contributed by atoms with Crippen molar-refractivity contribution in [1.29, 1.82) is 0 Å². The maximum absolute atomic E-state index is 13.5. The molecule has 0 saturated carbocycles. The number of aromatic nitrogens is 2. The van der Waals surface area contributed by atoms with Gasteiger partial charge in [0.05, 0.1) is 27.0 Å². The molecule has 0 bridgehead atoms. The summed E-state index contributed by atoms with van der Waals surface area (Å²) >= 11 is 1.42. The number of aliphatic imine (C=N–C) groups is 1. The number of carbonyl (C=O) groups excluding carboxylic acids is 2. The van der Waals surface area contributed by atoms with Crippen molar-refractivity contribution >= 4 is 56.0 Å². The highest BCUT2D eigenvalue weighted by atomic mass is 79.9. The molecule has 0 unspecified atom stereocenters. The number of aryl methyl sites for hydroxylation is 1. The molecule has 0 radical (unpaired) electrons. The molecule has 0 aliphatic carbocycles. The summed E-state index contributed by atoms with van der Waals surface area (Å²) in [6, 6.07) is 20.6. The van der Waals surface area contributed by atoms with Crippen LogP contribution in [0.1, 0.15) is 26.3 Å². The van der Waals surface area contributed by atoms with Gasteiger partial charge in [0.15, 0.2) is 18.9 Å². The van der Waals surface area contributed by atoms with Crippen molar-refractivity contribution in [2.45, 2.75) is 6.54 Å². The molecule has 2 aromatic heterocycles. The number of carbonyl (C=O) groups is 2. The summed E-state index contributed by atoms with van der Waals surface area (Å²) in [7, 11) is 1.87. The lowest BCUT2D eigenvalue weighted by atomic mass is 9.94. The lowest BCUT2D eigenvalue weighted by molar-refractivity contribution is -0.698. The van der Waals surface area contributed by atoms with Crippen molar-refractivity contribution in [2.24, 2.45) is 17.1 Å². The molecule has 1 aliphatic rings. The molecule has 0 spiro atoms. The fourth-order valence-corrected chi connectivity index (χ4v) is 5.51. The van der Waals surface area contributed by atoms with Crippen molar-refractivity contribution < 1.29 is 36.2 Å². The maximum Gasteiger partial charge on any atom is 0.282 e.